The number of aryl methyl sites for hydroxylation is 1. The van der Waals surface area contributed by atoms with Gasteiger partial charge < -0.3 is 14.2 Å². The number of rotatable bonds is 3. The van der Waals surface area contributed by atoms with E-state index in [-0.39, 0.29) is 23.5 Å². The van der Waals surface area contributed by atoms with Crippen molar-refractivity contribution in [1.29, 1.82) is 0 Å². The average molecular weight is 428 g/mol. The van der Waals surface area contributed by atoms with Gasteiger partial charge in [-0.3, -0.25) is 19.2 Å². The molecule has 4 rings (SSSR count). The summed E-state index contributed by atoms with van der Waals surface area (Å²) in [5, 5.41) is 0. The fraction of sp³-hybridized carbons (Fsp3) is 0.583. The van der Waals surface area contributed by atoms with Crippen LogP contribution in [0.1, 0.15) is 70.4 Å². The monoisotopic (exact) mass is 428 g/mol. The van der Waals surface area contributed by atoms with Gasteiger partial charge in [-0.25, -0.2) is 0 Å². The van der Waals surface area contributed by atoms with Crippen LogP contribution in [0.25, 0.3) is 0 Å². The fourth-order valence-electron chi connectivity index (χ4n) is 6.19. The molecule has 0 aromatic heterocycles. The fourth-order valence-corrected chi connectivity index (χ4v) is 6.19. The van der Waals surface area contributed by atoms with Crippen LogP contribution in [-0.4, -0.2) is 29.8 Å². The number of fused-ring (bicyclic) bond motifs is 5. The predicted molar refractivity (Wildman–Crippen MR) is 110 cm³/mol. The molecule has 7 heteroatoms. The maximum absolute atomic E-state index is 13.1. The first-order valence-electron chi connectivity index (χ1n) is 10.9. The third-order valence-electron chi connectivity index (χ3n) is 7.29. The summed E-state index contributed by atoms with van der Waals surface area (Å²) in [5.41, 5.74) is 1.49. The summed E-state index contributed by atoms with van der Waals surface area (Å²) in [6.07, 6.45) is 2.96. The van der Waals surface area contributed by atoms with Crippen LogP contribution in [-0.2, 0) is 30.3 Å². The van der Waals surface area contributed by atoms with Crippen LogP contribution in [0, 0.1) is 17.3 Å². The largest absolute Gasteiger partial charge is 0.455 e. The van der Waals surface area contributed by atoms with Crippen LogP contribution >= 0.6 is 0 Å². The number of carbonyl (C=O) groups is 4. The summed E-state index contributed by atoms with van der Waals surface area (Å²) >= 11 is 0. The van der Waals surface area contributed by atoms with Crippen molar-refractivity contribution in [2.75, 3.05) is 0 Å². The minimum Gasteiger partial charge on any atom is -0.455 e. The van der Waals surface area contributed by atoms with E-state index in [4.69, 9.17) is 14.2 Å². The Kier molecular flexibility index (Phi) is 5.40. The predicted octanol–water partition coefficient (Wildman–Crippen LogP) is 3.50. The van der Waals surface area contributed by atoms with Crippen LogP contribution in [0.5, 0.6) is 11.5 Å². The molecular weight excluding hydrogens is 400 g/mol. The molecule has 166 valence electrons. The zero-order chi connectivity index (χ0) is 22.5. The van der Waals surface area contributed by atoms with Gasteiger partial charge in [0.15, 0.2) is 11.9 Å². The lowest BCUT2D eigenvalue weighted by Gasteiger charge is -2.48. The molecule has 3 aliphatic carbocycles. The second-order valence-corrected chi connectivity index (χ2v) is 9.25. The molecule has 0 heterocycles. The molecule has 0 bridgehead atoms. The van der Waals surface area contributed by atoms with Gasteiger partial charge in [0.2, 0.25) is 0 Å². The van der Waals surface area contributed by atoms with Crippen molar-refractivity contribution >= 4 is 23.7 Å². The van der Waals surface area contributed by atoms with Crippen molar-refractivity contribution in [3.63, 3.8) is 0 Å². The molecule has 2 fully saturated rings. The Labute approximate surface area is 181 Å². The quantitative estimate of drug-likeness (QED) is 0.537. The van der Waals surface area contributed by atoms with Crippen molar-refractivity contribution in [1.82, 2.24) is 0 Å². The van der Waals surface area contributed by atoms with Gasteiger partial charge in [0.1, 0.15) is 11.5 Å². The number of Topliss-reactive ketones (excluding diaryl/α,β-unsaturated/α-hetero) is 1. The third-order valence-corrected chi connectivity index (χ3v) is 7.29. The highest BCUT2D eigenvalue weighted by Gasteiger charge is 2.59. The number of ether oxygens (including phenoxy) is 3. The molecule has 0 N–H and O–H groups in total. The van der Waals surface area contributed by atoms with Gasteiger partial charge in [-0.1, -0.05) is 6.92 Å². The van der Waals surface area contributed by atoms with E-state index in [1.807, 2.05) is 13.0 Å². The molecular formula is C24H28O7. The number of carbonyl (C=O) groups excluding carboxylic acids is 4. The van der Waals surface area contributed by atoms with E-state index < -0.39 is 29.4 Å². The van der Waals surface area contributed by atoms with Crippen LogP contribution in [0.2, 0.25) is 0 Å². The lowest BCUT2D eigenvalue weighted by molar-refractivity contribution is -0.153. The number of ketones is 1. The van der Waals surface area contributed by atoms with E-state index in [1.165, 1.54) is 20.8 Å². The highest BCUT2D eigenvalue weighted by molar-refractivity contribution is 5.93. The van der Waals surface area contributed by atoms with Gasteiger partial charge >= 0.3 is 17.9 Å². The Bertz CT molecular complexity index is 965. The summed E-state index contributed by atoms with van der Waals surface area (Å²) in [7, 11) is 0. The van der Waals surface area contributed by atoms with Gasteiger partial charge in [-0.15, -0.1) is 0 Å². The number of hydrogen-bond acceptors (Lipinski definition) is 7. The first-order chi connectivity index (χ1) is 14.6. The number of hydrogen-bond donors (Lipinski definition) is 0. The zero-order valence-corrected chi connectivity index (χ0v) is 18.4. The molecule has 0 saturated heterocycles. The summed E-state index contributed by atoms with van der Waals surface area (Å²) < 4.78 is 16.2. The minimum absolute atomic E-state index is 0.0300. The molecule has 3 aliphatic rings. The summed E-state index contributed by atoms with van der Waals surface area (Å²) in [4.78, 5) is 47.8. The lowest BCUT2D eigenvalue weighted by Crippen LogP contribution is -2.43. The molecule has 0 amide bonds. The zero-order valence-electron chi connectivity index (χ0n) is 18.4. The number of benzene rings is 1. The molecule has 0 aliphatic heterocycles. The van der Waals surface area contributed by atoms with E-state index in [2.05, 4.69) is 0 Å². The molecule has 1 aromatic rings. The van der Waals surface area contributed by atoms with Crippen molar-refractivity contribution in [3.05, 3.63) is 23.3 Å². The Morgan fingerprint density at radius 1 is 1.00 bits per heavy atom. The summed E-state index contributed by atoms with van der Waals surface area (Å²) in [6.45, 7) is 6.03. The highest BCUT2D eigenvalue weighted by atomic mass is 16.6. The summed E-state index contributed by atoms with van der Waals surface area (Å²) in [6, 6.07) is 3.47. The van der Waals surface area contributed by atoms with E-state index in [0.29, 0.717) is 24.3 Å². The van der Waals surface area contributed by atoms with Crippen LogP contribution in [0.4, 0.5) is 0 Å². The SMILES string of the molecule is CC(=O)Oc1cc2c(c(OC(C)=O)c1)[C@H]1CC[C@]3(C)C(=O)[C@H](OC(C)=O)C[C@H]3[C@H]1CC2. The van der Waals surface area contributed by atoms with E-state index in [9.17, 15) is 19.2 Å². The van der Waals surface area contributed by atoms with E-state index in [0.717, 1.165) is 30.4 Å². The van der Waals surface area contributed by atoms with Gasteiger partial charge in [0.05, 0.1) is 0 Å². The first-order valence-corrected chi connectivity index (χ1v) is 10.9. The molecule has 0 radical (unpaired) electrons. The molecule has 1 aromatic carbocycles. The van der Waals surface area contributed by atoms with Crippen molar-refractivity contribution in [3.8, 4) is 11.5 Å². The number of esters is 3. The van der Waals surface area contributed by atoms with Gasteiger partial charge in [0, 0.05) is 37.8 Å². The maximum atomic E-state index is 13.1. The topological polar surface area (TPSA) is 96.0 Å². The molecule has 0 spiro atoms. The average Bonchev–Trinajstić information content (AvgIpc) is 2.91. The lowest BCUT2D eigenvalue weighted by atomic mass is 9.55. The second kappa shape index (κ2) is 7.77. The standard InChI is InChI=1S/C24H28O7/c1-12(25)29-16-9-15-5-6-17-18(22(15)20(10-16)30-13(2)26)7-8-24(4)19(17)11-21(23(24)28)31-14(3)27/h9-10,17-19,21H,5-8,11H2,1-4H3/t17-,18-,19-,21+,24-/m0/s1. The molecule has 5 atom stereocenters. The summed E-state index contributed by atoms with van der Waals surface area (Å²) in [5.74, 6) is -0.00462. The van der Waals surface area contributed by atoms with Crippen molar-refractivity contribution in [2.45, 2.75) is 71.8 Å². The maximum Gasteiger partial charge on any atom is 0.308 e. The Hall–Kier alpha value is -2.70. The Morgan fingerprint density at radius 3 is 2.35 bits per heavy atom. The van der Waals surface area contributed by atoms with Crippen molar-refractivity contribution < 1.29 is 33.4 Å². The highest BCUT2D eigenvalue weighted by Crippen LogP contribution is 2.61. The normalized spacial score (nSPS) is 31.2. The molecule has 7 nitrogen and oxygen atoms in total. The van der Waals surface area contributed by atoms with Crippen LogP contribution in [0.3, 0.4) is 0 Å². The van der Waals surface area contributed by atoms with Gasteiger partial charge in [-0.2, -0.15) is 0 Å². The Balaban J connectivity index is 1.71. The van der Waals surface area contributed by atoms with Gasteiger partial charge in [-0.05, 0) is 61.5 Å². The van der Waals surface area contributed by atoms with Crippen LogP contribution < -0.4 is 9.47 Å². The van der Waals surface area contributed by atoms with E-state index >= 15 is 0 Å². The minimum atomic E-state index is -0.674. The molecule has 2 saturated carbocycles. The molecule has 0 unspecified atom stereocenters. The van der Waals surface area contributed by atoms with Crippen molar-refractivity contribution in [2.24, 2.45) is 17.3 Å². The first kappa shape index (κ1) is 21.5. The Morgan fingerprint density at radius 2 is 1.71 bits per heavy atom. The smallest absolute Gasteiger partial charge is 0.308 e. The third kappa shape index (κ3) is 3.75. The van der Waals surface area contributed by atoms with E-state index in [1.54, 1.807) is 6.07 Å². The van der Waals surface area contributed by atoms with Gasteiger partial charge in [0.25, 0.3) is 0 Å². The second-order valence-electron chi connectivity index (χ2n) is 9.25. The molecule has 31 heavy (non-hydrogen) atoms. The van der Waals surface area contributed by atoms with Crippen LogP contribution in [0.15, 0.2) is 12.1 Å².